The number of rotatable bonds is 8. The Labute approximate surface area is 217 Å². The zero-order chi connectivity index (χ0) is 27.4. The van der Waals surface area contributed by atoms with E-state index in [4.69, 9.17) is 4.74 Å². The van der Waals surface area contributed by atoms with Crippen molar-refractivity contribution in [3.8, 4) is 0 Å². The maximum absolute atomic E-state index is 13.2. The summed E-state index contributed by atoms with van der Waals surface area (Å²) in [6, 6.07) is 16.7. The number of nitrogens with one attached hydrogen (secondary N) is 3. The number of aromatic amines is 1. The molecule has 11 heteroatoms. The normalized spacial score (nSPS) is 12.1. The third-order valence-corrected chi connectivity index (χ3v) is 7.10. The van der Waals surface area contributed by atoms with Crippen LogP contribution in [0.25, 0.3) is 10.9 Å². The van der Waals surface area contributed by atoms with Gasteiger partial charge in [0.1, 0.15) is 5.82 Å². The number of esters is 1. The van der Waals surface area contributed by atoms with Crippen molar-refractivity contribution in [3.05, 3.63) is 100 Å². The third-order valence-electron chi connectivity index (χ3n) is 5.72. The maximum atomic E-state index is 13.2. The zero-order valence-corrected chi connectivity index (χ0v) is 21.3. The molecular formula is C27H24FN3O6S. The molecule has 38 heavy (non-hydrogen) atoms. The fraction of sp³-hybridized carbons (Fsp3) is 0.148. The number of anilines is 2. The number of hydrogen-bond donors (Lipinski definition) is 3. The largest absolute Gasteiger partial charge is 0.449 e. The summed E-state index contributed by atoms with van der Waals surface area (Å²) in [4.78, 5) is 40.1. The summed E-state index contributed by atoms with van der Waals surface area (Å²) < 4.78 is 46.6. The molecule has 0 spiro atoms. The minimum absolute atomic E-state index is 0.0966. The topological polar surface area (TPSA) is 134 Å². The van der Waals surface area contributed by atoms with Gasteiger partial charge in [-0.15, -0.1) is 0 Å². The van der Waals surface area contributed by atoms with Gasteiger partial charge in [-0.05, 0) is 73.5 Å². The number of aromatic nitrogens is 1. The van der Waals surface area contributed by atoms with Crippen molar-refractivity contribution >= 4 is 44.2 Å². The Bertz CT molecular complexity index is 1670. The van der Waals surface area contributed by atoms with Crippen molar-refractivity contribution in [2.75, 3.05) is 10.0 Å². The van der Waals surface area contributed by atoms with Gasteiger partial charge < -0.3 is 15.0 Å². The highest BCUT2D eigenvalue weighted by atomic mass is 32.2. The quantitative estimate of drug-likeness (QED) is 0.288. The van der Waals surface area contributed by atoms with Crippen LogP contribution >= 0.6 is 0 Å². The smallest absolute Gasteiger partial charge is 0.339 e. The van der Waals surface area contributed by atoms with Crippen molar-refractivity contribution in [2.24, 2.45) is 0 Å². The first-order chi connectivity index (χ1) is 18.1. The maximum Gasteiger partial charge on any atom is 0.339 e. The van der Waals surface area contributed by atoms with Crippen molar-refractivity contribution in [1.82, 2.24) is 4.98 Å². The summed E-state index contributed by atoms with van der Waals surface area (Å²) in [5, 5.41) is 2.76. The molecular weight excluding hydrogens is 513 g/mol. The first-order valence-electron chi connectivity index (χ1n) is 11.6. The van der Waals surface area contributed by atoms with Crippen molar-refractivity contribution < 1.29 is 27.1 Å². The molecule has 0 fully saturated rings. The second-order valence-corrected chi connectivity index (χ2v) is 10.1. The van der Waals surface area contributed by atoms with Gasteiger partial charge in [-0.25, -0.2) is 17.6 Å². The average Bonchev–Trinajstić information content (AvgIpc) is 2.89. The van der Waals surface area contributed by atoms with Gasteiger partial charge >= 0.3 is 5.97 Å². The fourth-order valence-corrected chi connectivity index (χ4v) is 4.73. The minimum Gasteiger partial charge on any atom is -0.449 e. The van der Waals surface area contributed by atoms with Gasteiger partial charge in [0, 0.05) is 28.3 Å². The van der Waals surface area contributed by atoms with Gasteiger partial charge in [0.25, 0.3) is 15.9 Å². The van der Waals surface area contributed by atoms with Crippen LogP contribution in [0.1, 0.15) is 29.8 Å². The summed E-state index contributed by atoms with van der Waals surface area (Å²) in [7, 11) is -4.13. The summed E-state index contributed by atoms with van der Waals surface area (Å²) in [6.07, 6.45) is -0.368. The second-order valence-electron chi connectivity index (χ2n) is 8.45. The van der Waals surface area contributed by atoms with Crippen molar-refractivity contribution in [3.63, 3.8) is 0 Å². The first kappa shape index (κ1) is 26.6. The highest BCUT2D eigenvalue weighted by Gasteiger charge is 2.23. The lowest BCUT2D eigenvalue weighted by Crippen LogP contribution is -2.30. The van der Waals surface area contributed by atoms with Crippen LogP contribution in [-0.4, -0.2) is 31.4 Å². The molecule has 1 heterocycles. The van der Waals surface area contributed by atoms with Crippen LogP contribution in [0.2, 0.25) is 0 Å². The lowest BCUT2D eigenvalue weighted by molar-refractivity contribution is -0.123. The molecule has 4 rings (SSSR count). The van der Waals surface area contributed by atoms with E-state index in [1.807, 2.05) is 19.1 Å². The molecule has 0 bridgehead atoms. The summed E-state index contributed by atoms with van der Waals surface area (Å²) in [5.41, 5.74) is 1.13. The van der Waals surface area contributed by atoms with Gasteiger partial charge in [0.2, 0.25) is 5.56 Å². The highest BCUT2D eigenvalue weighted by Crippen LogP contribution is 2.23. The SMILES string of the molecule is CCc1ccc(NC(=O)C(C)OC(=O)c2cc(=O)[nH]c3ccc(S(=O)(=O)Nc4ccc(F)cc4)cc23)cc1. The number of hydrogen-bond acceptors (Lipinski definition) is 6. The lowest BCUT2D eigenvalue weighted by Gasteiger charge is -2.15. The summed E-state index contributed by atoms with van der Waals surface area (Å²) in [6.45, 7) is 3.39. The van der Waals surface area contributed by atoms with Gasteiger partial charge in [0.15, 0.2) is 6.10 Å². The predicted octanol–water partition coefficient (Wildman–Crippen LogP) is 4.21. The van der Waals surface area contributed by atoms with E-state index in [1.165, 1.54) is 37.3 Å². The molecule has 0 saturated carbocycles. The Morgan fingerprint density at radius 3 is 2.29 bits per heavy atom. The number of pyridine rings is 1. The molecule has 0 radical (unpaired) electrons. The Kier molecular flexibility index (Phi) is 7.58. The van der Waals surface area contributed by atoms with Crippen LogP contribution in [0.15, 0.2) is 82.5 Å². The monoisotopic (exact) mass is 537 g/mol. The van der Waals surface area contributed by atoms with E-state index < -0.39 is 39.4 Å². The van der Waals surface area contributed by atoms with Crippen molar-refractivity contribution in [2.45, 2.75) is 31.3 Å². The lowest BCUT2D eigenvalue weighted by atomic mass is 10.1. The van der Waals surface area contributed by atoms with E-state index in [0.717, 1.165) is 30.2 Å². The molecule has 0 aliphatic rings. The predicted molar refractivity (Wildman–Crippen MR) is 141 cm³/mol. The van der Waals surface area contributed by atoms with Crippen molar-refractivity contribution in [1.29, 1.82) is 0 Å². The average molecular weight is 538 g/mol. The molecule has 1 unspecified atom stereocenters. The molecule has 0 aliphatic carbocycles. The van der Waals surface area contributed by atoms with E-state index in [1.54, 1.807) is 12.1 Å². The zero-order valence-electron chi connectivity index (χ0n) is 20.4. The van der Waals surface area contributed by atoms with Crippen LogP contribution in [-0.2, 0) is 26.0 Å². The number of ether oxygens (including phenoxy) is 1. The fourth-order valence-electron chi connectivity index (χ4n) is 3.65. The molecule has 1 atom stereocenters. The molecule has 3 N–H and O–H groups in total. The summed E-state index contributed by atoms with van der Waals surface area (Å²) in [5.74, 6) is -2.09. The number of sulfonamides is 1. The second kappa shape index (κ2) is 10.9. The number of halogens is 1. The van der Waals surface area contributed by atoms with E-state index in [9.17, 15) is 27.2 Å². The molecule has 0 saturated heterocycles. The third kappa shape index (κ3) is 6.06. The Morgan fingerprint density at radius 2 is 1.63 bits per heavy atom. The minimum atomic E-state index is -4.13. The van der Waals surface area contributed by atoms with Crippen LogP contribution < -0.4 is 15.6 Å². The number of H-pyrrole nitrogens is 1. The number of carbonyl (C=O) groups is 2. The number of amides is 1. The van der Waals surface area contributed by atoms with Crippen LogP contribution in [0, 0.1) is 5.82 Å². The molecule has 1 amide bonds. The molecule has 4 aromatic rings. The Hall–Kier alpha value is -4.51. The molecule has 0 aliphatic heterocycles. The van der Waals surface area contributed by atoms with Crippen LogP contribution in [0.3, 0.4) is 0 Å². The first-order valence-corrected chi connectivity index (χ1v) is 13.1. The molecule has 196 valence electrons. The molecule has 1 aromatic heterocycles. The van der Waals surface area contributed by atoms with Gasteiger partial charge in [0.05, 0.1) is 10.5 Å². The Morgan fingerprint density at radius 1 is 0.974 bits per heavy atom. The van der Waals surface area contributed by atoms with E-state index in [-0.39, 0.29) is 27.0 Å². The van der Waals surface area contributed by atoms with E-state index in [2.05, 4.69) is 15.0 Å². The standard InChI is InChI=1S/C27H24FN3O6S/c1-3-17-4-8-19(9-5-17)29-26(33)16(2)37-27(34)23-15-25(32)30-24-13-12-21(14-22(23)24)38(35,36)31-20-10-6-18(28)7-11-20/h4-16,31H,3H2,1-2H3,(H,29,33)(H,30,32). The summed E-state index contributed by atoms with van der Waals surface area (Å²) >= 11 is 0. The Balaban J connectivity index is 1.58. The molecule has 3 aromatic carbocycles. The number of benzene rings is 3. The number of carbonyl (C=O) groups excluding carboxylic acids is 2. The van der Waals surface area contributed by atoms with Gasteiger partial charge in [-0.2, -0.15) is 0 Å². The van der Waals surface area contributed by atoms with Crippen LogP contribution in [0.4, 0.5) is 15.8 Å². The number of fused-ring (bicyclic) bond motifs is 1. The van der Waals surface area contributed by atoms with E-state index in [0.29, 0.717) is 5.69 Å². The van der Waals surface area contributed by atoms with Gasteiger partial charge in [-0.3, -0.25) is 14.3 Å². The molecule has 9 nitrogen and oxygen atoms in total. The van der Waals surface area contributed by atoms with E-state index >= 15 is 0 Å². The number of aryl methyl sites for hydroxylation is 1. The van der Waals surface area contributed by atoms with Crippen LogP contribution in [0.5, 0.6) is 0 Å². The highest BCUT2D eigenvalue weighted by molar-refractivity contribution is 7.92. The van der Waals surface area contributed by atoms with Gasteiger partial charge in [-0.1, -0.05) is 19.1 Å².